The van der Waals surface area contributed by atoms with E-state index in [1.54, 1.807) is 12.1 Å². The van der Waals surface area contributed by atoms with Crippen LogP contribution >= 0.6 is 0 Å². The number of rotatable bonds is 0. The average Bonchev–Trinajstić information content (AvgIpc) is 2.76. The molecule has 0 fully saturated rings. The van der Waals surface area contributed by atoms with Gasteiger partial charge in [-0.15, -0.1) is 0 Å². The Morgan fingerprint density at radius 1 is 0.433 bits per heavy atom. The van der Waals surface area contributed by atoms with Gasteiger partial charge >= 0.3 is 0 Å². The van der Waals surface area contributed by atoms with Crippen molar-refractivity contribution >= 4 is 65.4 Å². The smallest absolute Gasteiger partial charge is 0.135 e. The van der Waals surface area contributed by atoms with Crippen molar-refractivity contribution in [1.29, 1.82) is 0 Å². The van der Waals surface area contributed by atoms with Gasteiger partial charge in [-0.25, -0.2) is 8.78 Å². The molecule has 142 valence electrons. The van der Waals surface area contributed by atoms with Crippen molar-refractivity contribution in [3.05, 3.63) is 84.4 Å². The summed E-state index contributed by atoms with van der Waals surface area (Å²) in [6, 6.07) is 20.8. The lowest BCUT2D eigenvalue weighted by atomic mass is 9.90. The molecule has 2 nitrogen and oxygen atoms in total. The predicted octanol–water partition coefficient (Wildman–Crippen LogP) is 8.07. The fourth-order valence-electron chi connectivity index (χ4n) is 4.80. The standard InChI is InChI=1S/C26H12F2O2/c27-13-7-9-19-17(11-13)25-23-15(3-1-5-21(23)29-19)16-4-2-6-22-24(16)26(25)18-12-14(28)8-10-20(18)30-22/h1-12H. The van der Waals surface area contributed by atoms with Crippen LogP contribution in [0.2, 0.25) is 0 Å². The minimum absolute atomic E-state index is 0.350. The third-order valence-electron chi connectivity index (χ3n) is 5.95. The van der Waals surface area contributed by atoms with Crippen LogP contribution in [-0.2, 0) is 0 Å². The van der Waals surface area contributed by atoms with Crippen LogP contribution in [-0.4, -0.2) is 0 Å². The number of halogens is 2. The third-order valence-corrected chi connectivity index (χ3v) is 5.95. The highest BCUT2D eigenvalue weighted by molar-refractivity contribution is 6.40. The van der Waals surface area contributed by atoms with Crippen LogP contribution in [0.5, 0.6) is 0 Å². The van der Waals surface area contributed by atoms with Crippen LogP contribution in [0.15, 0.2) is 81.6 Å². The largest absolute Gasteiger partial charge is 0.456 e. The lowest BCUT2D eigenvalue weighted by Gasteiger charge is -2.17. The van der Waals surface area contributed by atoms with Crippen LogP contribution in [0.1, 0.15) is 0 Å². The maximum atomic E-state index is 14.3. The first-order valence-electron chi connectivity index (χ1n) is 9.66. The Labute approximate surface area is 167 Å². The molecule has 0 N–H and O–H groups in total. The van der Waals surface area contributed by atoms with E-state index in [1.807, 2.05) is 36.4 Å². The Morgan fingerprint density at radius 3 is 1.37 bits per heavy atom. The summed E-state index contributed by atoms with van der Waals surface area (Å²) in [5, 5.41) is 6.76. The molecule has 0 amide bonds. The van der Waals surface area contributed by atoms with Crippen molar-refractivity contribution in [2.45, 2.75) is 0 Å². The molecule has 0 saturated carbocycles. The second-order valence-electron chi connectivity index (χ2n) is 7.59. The molecular weight excluding hydrogens is 382 g/mol. The SMILES string of the molecule is Fc1ccc2oc3cccc4c5cccc6oc7ccc(F)cc7c(c65)c(c2c1)c34. The highest BCUT2D eigenvalue weighted by atomic mass is 19.1. The van der Waals surface area contributed by atoms with E-state index in [2.05, 4.69) is 0 Å². The second kappa shape index (κ2) is 5.36. The van der Waals surface area contributed by atoms with Crippen molar-refractivity contribution in [2.24, 2.45) is 0 Å². The maximum Gasteiger partial charge on any atom is 0.135 e. The first-order valence-corrected chi connectivity index (χ1v) is 9.66. The van der Waals surface area contributed by atoms with E-state index < -0.39 is 0 Å². The molecule has 4 heteroatoms. The van der Waals surface area contributed by atoms with Crippen molar-refractivity contribution in [2.75, 3.05) is 0 Å². The van der Waals surface area contributed by atoms with Gasteiger partial charge in [0.2, 0.25) is 0 Å². The van der Waals surface area contributed by atoms with Gasteiger partial charge in [0.15, 0.2) is 0 Å². The number of hydrogen-bond donors (Lipinski definition) is 0. The molecule has 0 spiro atoms. The molecular formula is C26H12F2O2. The average molecular weight is 394 g/mol. The molecule has 7 rings (SSSR count). The minimum Gasteiger partial charge on any atom is -0.456 e. The van der Waals surface area contributed by atoms with Gasteiger partial charge in [0.1, 0.15) is 34.0 Å². The van der Waals surface area contributed by atoms with Gasteiger partial charge in [0.05, 0.1) is 0 Å². The molecule has 2 heterocycles. The van der Waals surface area contributed by atoms with Gasteiger partial charge < -0.3 is 8.83 Å². The zero-order chi connectivity index (χ0) is 20.0. The lowest BCUT2D eigenvalue weighted by Crippen LogP contribution is -1.91. The Morgan fingerprint density at radius 2 is 0.900 bits per heavy atom. The van der Waals surface area contributed by atoms with E-state index in [4.69, 9.17) is 8.83 Å². The second-order valence-corrected chi connectivity index (χ2v) is 7.59. The number of benzene rings is 5. The predicted molar refractivity (Wildman–Crippen MR) is 116 cm³/mol. The van der Waals surface area contributed by atoms with E-state index in [0.717, 1.165) is 32.3 Å². The fraction of sp³-hybridized carbons (Fsp3) is 0. The van der Waals surface area contributed by atoms with Crippen molar-refractivity contribution < 1.29 is 17.6 Å². The van der Waals surface area contributed by atoms with E-state index in [0.29, 0.717) is 33.1 Å². The lowest BCUT2D eigenvalue weighted by molar-refractivity contribution is 0.624. The Bertz CT molecular complexity index is 1690. The summed E-state index contributed by atoms with van der Waals surface area (Å²) >= 11 is 0. The molecule has 0 aliphatic heterocycles. The van der Waals surface area contributed by atoms with Gasteiger partial charge in [-0.1, -0.05) is 24.3 Å². The van der Waals surface area contributed by atoms with Crippen LogP contribution in [0, 0.1) is 11.6 Å². The van der Waals surface area contributed by atoms with Crippen LogP contribution in [0.25, 0.3) is 65.4 Å². The normalized spacial score (nSPS) is 12.3. The highest BCUT2D eigenvalue weighted by Crippen LogP contribution is 2.46. The maximum absolute atomic E-state index is 14.3. The van der Waals surface area contributed by atoms with E-state index in [9.17, 15) is 8.78 Å². The van der Waals surface area contributed by atoms with E-state index >= 15 is 0 Å². The summed E-state index contributed by atoms with van der Waals surface area (Å²) in [5.74, 6) is -0.700. The summed E-state index contributed by atoms with van der Waals surface area (Å²) in [4.78, 5) is 0. The van der Waals surface area contributed by atoms with E-state index in [-0.39, 0.29) is 11.6 Å². The van der Waals surface area contributed by atoms with Gasteiger partial charge in [-0.05, 0) is 59.3 Å². The summed E-state index contributed by atoms with van der Waals surface area (Å²) in [6.45, 7) is 0. The number of fused-ring (bicyclic) bond motifs is 6. The summed E-state index contributed by atoms with van der Waals surface area (Å²) < 4.78 is 40.9. The van der Waals surface area contributed by atoms with Crippen molar-refractivity contribution in [1.82, 2.24) is 0 Å². The van der Waals surface area contributed by atoms with Gasteiger partial charge in [0.25, 0.3) is 0 Å². The quantitative estimate of drug-likeness (QED) is 0.192. The molecule has 5 aromatic carbocycles. The monoisotopic (exact) mass is 394 g/mol. The molecule has 0 aliphatic carbocycles. The summed E-state index contributed by atoms with van der Waals surface area (Å²) in [5.41, 5.74) is 2.56. The van der Waals surface area contributed by atoms with Crippen LogP contribution in [0.3, 0.4) is 0 Å². The Kier molecular flexibility index (Phi) is 2.85. The zero-order valence-electron chi connectivity index (χ0n) is 15.5. The molecule has 0 aliphatic rings. The van der Waals surface area contributed by atoms with Crippen molar-refractivity contribution in [3.8, 4) is 0 Å². The molecule has 0 bridgehead atoms. The third kappa shape index (κ3) is 1.90. The number of hydrogen-bond acceptors (Lipinski definition) is 2. The first-order chi connectivity index (χ1) is 14.7. The fourth-order valence-corrected chi connectivity index (χ4v) is 4.80. The Balaban J connectivity index is 1.99. The first kappa shape index (κ1) is 15.9. The van der Waals surface area contributed by atoms with Crippen LogP contribution in [0.4, 0.5) is 8.78 Å². The van der Waals surface area contributed by atoms with Crippen molar-refractivity contribution in [3.63, 3.8) is 0 Å². The van der Waals surface area contributed by atoms with Gasteiger partial charge in [0, 0.05) is 32.3 Å². The topological polar surface area (TPSA) is 26.3 Å². The molecule has 0 saturated heterocycles. The molecule has 0 unspecified atom stereocenters. The highest BCUT2D eigenvalue weighted by Gasteiger charge is 2.20. The summed E-state index contributed by atoms with van der Waals surface area (Å²) in [7, 11) is 0. The van der Waals surface area contributed by atoms with Gasteiger partial charge in [-0.3, -0.25) is 0 Å². The van der Waals surface area contributed by atoms with E-state index in [1.165, 1.54) is 24.3 Å². The summed E-state index contributed by atoms with van der Waals surface area (Å²) in [6.07, 6.45) is 0. The molecule has 30 heavy (non-hydrogen) atoms. The molecule has 0 radical (unpaired) electrons. The molecule has 7 aromatic rings. The van der Waals surface area contributed by atoms with Crippen LogP contribution < -0.4 is 0 Å². The minimum atomic E-state index is -0.350. The molecule has 0 atom stereocenters. The zero-order valence-corrected chi connectivity index (χ0v) is 15.5. The van der Waals surface area contributed by atoms with Gasteiger partial charge in [-0.2, -0.15) is 0 Å². The molecule has 2 aromatic heterocycles. The Hall–Kier alpha value is -3.92.